The van der Waals surface area contributed by atoms with E-state index in [9.17, 15) is 9.59 Å². The molecule has 4 N–H and O–H groups in total. The molecule has 0 radical (unpaired) electrons. The van der Waals surface area contributed by atoms with Gasteiger partial charge in [-0.25, -0.2) is 15.6 Å². The van der Waals surface area contributed by atoms with Crippen molar-refractivity contribution < 1.29 is 9.59 Å². The summed E-state index contributed by atoms with van der Waals surface area (Å²) in [5.74, 6) is 5.63. The van der Waals surface area contributed by atoms with Crippen molar-refractivity contribution in [3.8, 4) is 0 Å². The molecule has 4 rings (SSSR count). The molecule has 2 aromatic carbocycles. The number of hydrogen-bond acceptors (Lipinski definition) is 6. The average Bonchev–Trinajstić information content (AvgIpc) is 2.99. The Morgan fingerprint density at radius 3 is 2.76 bits per heavy atom. The number of guanidine groups is 1. The Kier molecular flexibility index (Phi) is 3.54. The van der Waals surface area contributed by atoms with Crippen LogP contribution in [0.25, 0.3) is 10.8 Å². The zero-order valence-corrected chi connectivity index (χ0v) is 13.6. The number of aliphatic imine (C=N–C) groups is 1. The topological polar surface area (TPSA) is 103 Å². The maximum atomic E-state index is 12.4. The van der Waals surface area contributed by atoms with Gasteiger partial charge >= 0.3 is 6.03 Å². The van der Waals surface area contributed by atoms with Gasteiger partial charge in [0.1, 0.15) is 0 Å². The molecule has 0 aromatic heterocycles. The Bertz CT molecular complexity index is 890. The second-order valence-electron chi connectivity index (χ2n) is 6.13. The highest BCUT2D eigenvalue weighted by molar-refractivity contribution is 6.03. The minimum atomic E-state index is -0.618. The van der Waals surface area contributed by atoms with Crippen LogP contribution in [-0.4, -0.2) is 47.0 Å². The fraction of sp³-hybridized carbons (Fsp3) is 0.235. The Morgan fingerprint density at radius 2 is 1.96 bits per heavy atom. The van der Waals surface area contributed by atoms with E-state index >= 15 is 0 Å². The van der Waals surface area contributed by atoms with E-state index in [4.69, 9.17) is 5.84 Å². The van der Waals surface area contributed by atoms with E-state index in [2.05, 4.69) is 15.7 Å². The largest absolute Gasteiger partial charge is 0.325 e. The van der Waals surface area contributed by atoms with Crippen LogP contribution in [0.5, 0.6) is 0 Å². The van der Waals surface area contributed by atoms with E-state index in [1.807, 2.05) is 42.5 Å². The first-order valence-electron chi connectivity index (χ1n) is 7.95. The second-order valence-corrected chi connectivity index (χ2v) is 6.13. The number of fused-ring (bicyclic) bond motifs is 2. The van der Waals surface area contributed by atoms with E-state index in [0.29, 0.717) is 12.5 Å². The molecule has 2 aliphatic rings. The van der Waals surface area contributed by atoms with Crippen LogP contribution in [0.1, 0.15) is 5.56 Å². The number of hydrogen-bond donors (Lipinski definition) is 3. The lowest BCUT2D eigenvalue weighted by Crippen LogP contribution is -2.64. The number of hydrazine groups is 1. The number of nitrogens with zero attached hydrogens (tertiary/aromatic N) is 3. The van der Waals surface area contributed by atoms with E-state index in [-0.39, 0.29) is 5.91 Å². The van der Waals surface area contributed by atoms with Gasteiger partial charge in [-0.1, -0.05) is 42.5 Å². The van der Waals surface area contributed by atoms with Crippen LogP contribution < -0.4 is 16.6 Å². The van der Waals surface area contributed by atoms with E-state index in [0.717, 1.165) is 16.3 Å². The smallest absolute Gasteiger partial charge is 0.322 e. The molecule has 8 heteroatoms. The zero-order chi connectivity index (χ0) is 17.6. The third-order valence-corrected chi connectivity index (χ3v) is 4.71. The van der Waals surface area contributed by atoms with E-state index in [1.54, 1.807) is 11.9 Å². The van der Waals surface area contributed by atoms with Gasteiger partial charge in [-0.05, 0) is 16.3 Å². The molecule has 2 unspecified atom stereocenters. The van der Waals surface area contributed by atoms with Crippen LogP contribution >= 0.6 is 0 Å². The molecule has 8 nitrogen and oxygen atoms in total. The number of rotatable bonds is 2. The molecule has 2 aliphatic heterocycles. The molecule has 2 heterocycles. The van der Waals surface area contributed by atoms with Gasteiger partial charge in [-0.3, -0.25) is 15.5 Å². The molecular formula is C17H18N6O2. The SMILES string of the molecule is CN1C(=O)NC(=O)C2C1N=C(NN)N2Cc1cccc2ccccc12. The van der Waals surface area contributed by atoms with Gasteiger partial charge in [-0.15, -0.1) is 0 Å². The number of urea groups is 1. The lowest BCUT2D eigenvalue weighted by atomic mass is 10.0. The van der Waals surface area contributed by atoms with Crippen LogP contribution in [0.15, 0.2) is 47.5 Å². The Balaban J connectivity index is 1.72. The maximum absolute atomic E-state index is 12.4. The van der Waals surface area contributed by atoms with Gasteiger partial charge in [0.25, 0.3) is 5.91 Å². The molecule has 0 saturated carbocycles. The van der Waals surface area contributed by atoms with E-state index in [1.165, 1.54) is 4.90 Å². The number of nitrogens with two attached hydrogens (primary N) is 1. The first-order chi connectivity index (χ1) is 12.1. The van der Waals surface area contributed by atoms with Gasteiger partial charge in [-0.2, -0.15) is 0 Å². The number of amides is 3. The van der Waals surface area contributed by atoms with Crippen molar-refractivity contribution in [1.82, 2.24) is 20.5 Å². The van der Waals surface area contributed by atoms with Crippen LogP contribution in [0.3, 0.4) is 0 Å². The first-order valence-corrected chi connectivity index (χ1v) is 7.95. The van der Waals surface area contributed by atoms with Crippen molar-refractivity contribution in [2.75, 3.05) is 7.05 Å². The summed E-state index contributed by atoms with van der Waals surface area (Å²) >= 11 is 0. The van der Waals surface area contributed by atoms with Gasteiger partial charge in [0.05, 0.1) is 0 Å². The molecule has 25 heavy (non-hydrogen) atoms. The number of likely N-dealkylation sites (N-methyl/N-ethyl adjacent to an activating group) is 1. The molecule has 0 bridgehead atoms. The summed E-state index contributed by atoms with van der Waals surface area (Å²) in [6, 6.07) is 13.0. The molecule has 1 fully saturated rings. The number of carbonyl (C=O) groups is 2. The van der Waals surface area contributed by atoms with Crippen molar-refractivity contribution in [2.24, 2.45) is 10.8 Å². The average molecular weight is 338 g/mol. The molecule has 3 amide bonds. The Morgan fingerprint density at radius 1 is 1.20 bits per heavy atom. The second kappa shape index (κ2) is 5.75. The summed E-state index contributed by atoms with van der Waals surface area (Å²) in [5, 5.41) is 4.59. The predicted octanol–water partition coefficient (Wildman–Crippen LogP) is 0.351. The van der Waals surface area contributed by atoms with Crippen molar-refractivity contribution in [3.05, 3.63) is 48.0 Å². The summed E-state index contributed by atoms with van der Waals surface area (Å²) in [6.45, 7) is 0.445. The maximum Gasteiger partial charge on any atom is 0.325 e. The molecule has 0 spiro atoms. The first kappa shape index (κ1) is 15.4. The lowest BCUT2D eigenvalue weighted by Gasteiger charge is -2.36. The Labute approximate surface area is 144 Å². The number of benzene rings is 2. The highest BCUT2D eigenvalue weighted by Gasteiger charge is 2.48. The van der Waals surface area contributed by atoms with Gasteiger partial charge in [0.2, 0.25) is 5.96 Å². The number of imide groups is 1. The summed E-state index contributed by atoms with van der Waals surface area (Å²) in [4.78, 5) is 31.9. The summed E-state index contributed by atoms with van der Waals surface area (Å²) in [7, 11) is 1.61. The molecule has 0 aliphatic carbocycles. The number of nitrogens with one attached hydrogen (secondary N) is 2. The third kappa shape index (κ3) is 2.38. The van der Waals surface area contributed by atoms with Crippen LogP contribution in [0.4, 0.5) is 4.79 Å². The minimum absolute atomic E-state index is 0.373. The monoisotopic (exact) mass is 338 g/mol. The molecule has 2 aromatic rings. The predicted molar refractivity (Wildman–Crippen MR) is 93.1 cm³/mol. The fourth-order valence-electron chi connectivity index (χ4n) is 3.43. The lowest BCUT2D eigenvalue weighted by molar-refractivity contribution is -0.127. The molecule has 128 valence electrons. The standard InChI is InChI=1S/C17H18N6O2/c1-22-14-13(15(24)20-17(22)25)23(16(19-14)21-18)9-11-7-4-6-10-5-2-3-8-12(10)11/h2-8,13-14H,9,18H2,1H3,(H,19,21)(H,20,24,25). The van der Waals surface area contributed by atoms with Crippen molar-refractivity contribution in [2.45, 2.75) is 18.8 Å². The summed E-state index contributed by atoms with van der Waals surface area (Å²) in [6.07, 6.45) is -0.595. The zero-order valence-electron chi connectivity index (χ0n) is 13.6. The molecular weight excluding hydrogens is 320 g/mol. The molecule has 1 saturated heterocycles. The van der Waals surface area contributed by atoms with Gasteiger partial charge < -0.3 is 9.80 Å². The highest BCUT2D eigenvalue weighted by Crippen LogP contribution is 2.27. The minimum Gasteiger partial charge on any atom is -0.322 e. The highest BCUT2D eigenvalue weighted by atomic mass is 16.2. The number of carbonyl (C=O) groups excluding carboxylic acids is 2. The fourth-order valence-corrected chi connectivity index (χ4v) is 3.43. The van der Waals surface area contributed by atoms with Crippen LogP contribution in [0.2, 0.25) is 0 Å². The van der Waals surface area contributed by atoms with Gasteiger partial charge in [0.15, 0.2) is 12.2 Å². The van der Waals surface area contributed by atoms with Crippen LogP contribution in [0, 0.1) is 0 Å². The normalized spacial score (nSPS) is 22.7. The molecule has 2 atom stereocenters. The van der Waals surface area contributed by atoms with Crippen LogP contribution in [-0.2, 0) is 11.3 Å². The Hall–Kier alpha value is -3.13. The summed E-state index contributed by atoms with van der Waals surface area (Å²) in [5.41, 5.74) is 3.60. The van der Waals surface area contributed by atoms with Crippen molar-refractivity contribution >= 4 is 28.7 Å². The van der Waals surface area contributed by atoms with Gasteiger partial charge in [0, 0.05) is 13.6 Å². The third-order valence-electron chi connectivity index (χ3n) is 4.71. The van der Waals surface area contributed by atoms with Crippen molar-refractivity contribution in [1.29, 1.82) is 0 Å². The van der Waals surface area contributed by atoms with E-state index < -0.39 is 18.2 Å². The quantitative estimate of drug-likeness (QED) is 0.542. The van der Waals surface area contributed by atoms with Crippen molar-refractivity contribution in [3.63, 3.8) is 0 Å². The summed E-state index contributed by atoms with van der Waals surface area (Å²) < 4.78 is 0.